The van der Waals surface area contributed by atoms with Gasteiger partial charge < -0.3 is 30.5 Å². The Balaban J connectivity index is 0.00000111. The quantitative estimate of drug-likeness (QED) is 0.327. The number of aldehydes is 1. The largest absolute Gasteiger partial charge is 0.410 e. The maximum absolute atomic E-state index is 13.5. The second-order valence-electron chi connectivity index (χ2n) is 9.06. The molecule has 3 rings (SSSR count). The molecule has 3 unspecified atom stereocenters. The average molecular weight is 522 g/mol. The number of likely N-dealkylation sites (N-methyl/N-ethyl adjacent to an activating group) is 1. The molecule has 0 saturated carbocycles. The molecule has 1 fully saturated rings. The normalized spacial score (nSPS) is 21.9. The van der Waals surface area contributed by atoms with E-state index in [1.54, 1.807) is 36.9 Å². The fourth-order valence-corrected chi connectivity index (χ4v) is 4.43. The number of morpholine rings is 1. The minimum absolute atomic E-state index is 0. The third-order valence-electron chi connectivity index (χ3n) is 6.21. The van der Waals surface area contributed by atoms with Crippen LogP contribution in [-0.4, -0.2) is 66.5 Å². The number of thiophene rings is 1. The lowest BCUT2D eigenvalue weighted by molar-refractivity contribution is -0.234. The standard InChI is InChI=1S/C18H28F3N3O3.C6H6OS.2H2/c1-12-10-13(23-17(4,26)16(3,22-5)18(19,20)21)6-7-14(12)24-8-9-27-11-15(24,2)25;1-5-2-3-6(4-7)8-5;;/h6-7,10,22-23,25-26H,8-9,11H2,1-5H3;2-4H,1H3;2*1H. The van der Waals surface area contributed by atoms with Crippen LogP contribution in [0.25, 0.3) is 0 Å². The SMILES string of the molecule is CNC(C)(C(F)(F)F)C(C)(O)Nc1ccc(N2CCOCC2(C)O)c(C)c1.Cc1ccc(C=O)s1.[HH].[HH]. The highest BCUT2D eigenvalue weighted by atomic mass is 32.1. The Kier molecular flexibility index (Phi) is 8.99. The van der Waals surface area contributed by atoms with Crippen molar-refractivity contribution in [3.8, 4) is 0 Å². The van der Waals surface area contributed by atoms with Crippen LogP contribution in [0.15, 0.2) is 30.3 Å². The van der Waals surface area contributed by atoms with Crippen molar-refractivity contribution in [2.24, 2.45) is 0 Å². The van der Waals surface area contributed by atoms with E-state index in [0.29, 0.717) is 18.8 Å². The smallest absolute Gasteiger partial charge is 0.375 e. The van der Waals surface area contributed by atoms with E-state index in [1.807, 2.05) is 19.1 Å². The number of carbonyl (C=O) groups is 1. The molecule has 1 aromatic heterocycles. The number of ether oxygens (including phenoxy) is 1. The zero-order valence-electron chi connectivity index (χ0n) is 20.8. The van der Waals surface area contributed by atoms with Crippen LogP contribution in [0.3, 0.4) is 0 Å². The van der Waals surface area contributed by atoms with Gasteiger partial charge in [-0.1, -0.05) is 0 Å². The van der Waals surface area contributed by atoms with Gasteiger partial charge in [0, 0.05) is 25.6 Å². The monoisotopic (exact) mass is 521 g/mol. The Labute approximate surface area is 210 Å². The molecular formula is C24H38F3N3O4S. The van der Waals surface area contributed by atoms with Crippen molar-refractivity contribution in [1.29, 1.82) is 0 Å². The first-order chi connectivity index (χ1) is 16.1. The second kappa shape index (κ2) is 10.8. The average Bonchev–Trinajstić information content (AvgIpc) is 3.18. The van der Waals surface area contributed by atoms with Crippen molar-refractivity contribution in [3.63, 3.8) is 0 Å². The van der Waals surface area contributed by atoms with Gasteiger partial charge in [0.2, 0.25) is 0 Å². The van der Waals surface area contributed by atoms with Gasteiger partial charge in [-0.05, 0) is 77.6 Å². The van der Waals surface area contributed by atoms with E-state index >= 15 is 0 Å². The van der Waals surface area contributed by atoms with Crippen LogP contribution in [0.5, 0.6) is 0 Å². The van der Waals surface area contributed by atoms with Gasteiger partial charge in [-0.15, -0.1) is 11.3 Å². The summed E-state index contributed by atoms with van der Waals surface area (Å²) in [6.07, 6.45) is -3.81. The summed E-state index contributed by atoms with van der Waals surface area (Å²) >= 11 is 1.52. The molecule has 2 heterocycles. The van der Waals surface area contributed by atoms with Crippen molar-refractivity contribution in [2.45, 2.75) is 57.8 Å². The Morgan fingerprint density at radius 2 is 1.89 bits per heavy atom. The number of aryl methyl sites for hydroxylation is 2. The van der Waals surface area contributed by atoms with E-state index < -0.39 is 23.2 Å². The minimum atomic E-state index is -4.68. The Morgan fingerprint density at radius 1 is 1.23 bits per heavy atom. The first-order valence-electron chi connectivity index (χ1n) is 11.0. The number of hydrogen-bond acceptors (Lipinski definition) is 8. The van der Waals surface area contributed by atoms with Crippen LogP contribution in [-0.2, 0) is 4.74 Å². The summed E-state index contributed by atoms with van der Waals surface area (Å²) in [5, 5.41) is 25.8. The third-order valence-corrected chi connectivity index (χ3v) is 7.14. The van der Waals surface area contributed by atoms with Gasteiger partial charge in [-0.2, -0.15) is 13.2 Å². The summed E-state index contributed by atoms with van der Waals surface area (Å²) in [6.45, 7) is 8.51. The number of hydrogen-bond donors (Lipinski definition) is 4. The number of nitrogens with one attached hydrogen (secondary N) is 2. The van der Waals surface area contributed by atoms with Crippen LogP contribution in [0, 0.1) is 13.8 Å². The molecule has 1 saturated heterocycles. The lowest BCUT2D eigenvalue weighted by Crippen LogP contribution is -2.70. The molecule has 1 aliphatic rings. The summed E-state index contributed by atoms with van der Waals surface area (Å²) < 4.78 is 45.7. The van der Waals surface area contributed by atoms with E-state index in [-0.39, 0.29) is 9.46 Å². The first-order valence-corrected chi connectivity index (χ1v) is 11.9. The molecule has 0 radical (unpaired) electrons. The van der Waals surface area contributed by atoms with Gasteiger partial charge in [0.25, 0.3) is 0 Å². The molecule has 2 aromatic rings. The highest BCUT2D eigenvalue weighted by Gasteiger charge is 2.61. The van der Waals surface area contributed by atoms with Crippen molar-refractivity contribution in [3.05, 3.63) is 45.6 Å². The molecule has 35 heavy (non-hydrogen) atoms. The summed E-state index contributed by atoms with van der Waals surface area (Å²) in [7, 11) is 1.15. The molecule has 1 aromatic carbocycles. The maximum Gasteiger partial charge on any atom is 0.410 e. The van der Waals surface area contributed by atoms with E-state index in [0.717, 1.165) is 43.3 Å². The summed E-state index contributed by atoms with van der Waals surface area (Å²) in [4.78, 5) is 13.8. The molecular weight excluding hydrogens is 483 g/mol. The van der Waals surface area contributed by atoms with E-state index in [2.05, 4.69) is 10.6 Å². The molecule has 7 nitrogen and oxygen atoms in total. The molecule has 4 N–H and O–H groups in total. The van der Waals surface area contributed by atoms with Crippen molar-refractivity contribution in [1.82, 2.24) is 5.32 Å². The van der Waals surface area contributed by atoms with Gasteiger partial charge in [-0.25, -0.2) is 0 Å². The third kappa shape index (κ3) is 6.53. The van der Waals surface area contributed by atoms with Crippen LogP contribution in [0.2, 0.25) is 0 Å². The number of benzene rings is 1. The maximum atomic E-state index is 13.5. The molecule has 0 aliphatic carbocycles. The number of anilines is 2. The first kappa shape index (κ1) is 29.1. The Hall–Kier alpha value is -2.18. The number of aliphatic hydroxyl groups is 2. The van der Waals surface area contributed by atoms with Crippen molar-refractivity contribution < 1.29 is 35.8 Å². The van der Waals surface area contributed by atoms with E-state index in [4.69, 9.17) is 4.74 Å². The Bertz CT molecular complexity index is 1020. The minimum Gasteiger partial charge on any atom is -0.375 e. The fourth-order valence-electron chi connectivity index (χ4n) is 3.74. The molecule has 0 spiro atoms. The molecule has 0 bridgehead atoms. The van der Waals surface area contributed by atoms with Crippen LogP contribution in [0.4, 0.5) is 24.5 Å². The molecule has 3 atom stereocenters. The van der Waals surface area contributed by atoms with Gasteiger partial charge >= 0.3 is 6.18 Å². The lowest BCUT2D eigenvalue weighted by atomic mass is 9.88. The van der Waals surface area contributed by atoms with Gasteiger partial charge in [0.15, 0.2) is 23.3 Å². The van der Waals surface area contributed by atoms with Crippen LogP contribution < -0.4 is 15.5 Å². The zero-order valence-corrected chi connectivity index (χ0v) is 21.6. The summed E-state index contributed by atoms with van der Waals surface area (Å²) in [5.74, 6) is 0. The predicted molar refractivity (Wildman–Crippen MR) is 136 cm³/mol. The Morgan fingerprint density at radius 3 is 2.31 bits per heavy atom. The summed E-state index contributed by atoms with van der Waals surface area (Å²) in [6, 6.07) is 8.69. The molecule has 0 amide bonds. The van der Waals surface area contributed by atoms with Gasteiger partial charge in [0.05, 0.1) is 18.1 Å². The molecule has 11 heteroatoms. The predicted octanol–water partition coefficient (Wildman–Crippen LogP) is 4.56. The zero-order chi connectivity index (χ0) is 26.7. The van der Waals surface area contributed by atoms with Gasteiger partial charge in [0.1, 0.15) is 0 Å². The number of rotatable bonds is 6. The van der Waals surface area contributed by atoms with E-state index in [9.17, 15) is 28.2 Å². The van der Waals surface area contributed by atoms with E-state index in [1.165, 1.54) is 16.2 Å². The molecule has 200 valence electrons. The van der Waals surface area contributed by atoms with Crippen molar-refractivity contribution >= 4 is 29.0 Å². The number of nitrogens with zero attached hydrogens (tertiary/aromatic N) is 1. The lowest BCUT2D eigenvalue weighted by Gasteiger charge is -2.45. The van der Waals surface area contributed by atoms with Crippen LogP contribution in [0.1, 0.15) is 43.7 Å². The summed E-state index contributed by atoms with van der Waals surface area (Å²) in [5.41, 5.74) is -4.22. The topological polar surface area (TPSA) is 94.1 Å². The van der Waals surface area contributed by atoms with Crippen molar-refractivity contribution in [2.75, 3.05) is 37.0 Å². The van der Waals surface area contributed by atoms with Crippen LogP contribution >= 0.6 is 11.3 Å². The highest BCUT2D eigenvalue weighted by molar-refractivity contribution is 7.13. The van der Waals surface area contributed by atoms with Gasteiger partial charge in [-0.3, -0.25) is 4.79 Å². The number of halogens is 3. The molecule has 1 aliphatic heterocycles. The fraction of sp³-hybridized carbons (Fsp3) is 0.542. The second-order valence-corrected chi connectivity index (χ2v) is 10.4. The number of carbonyl (C=O) groups excluding carboxylic acids is 1. The highest BCUT2D eigenvalue weighted by Crippen LogP contribution is 2.39. The number of alkyl halides is 3.